The molecule has 0 amide bonds. The molecule has 118 valence electrons. The van der Waals surface area contributed by atoms with Gasteiger partial charge in [-0.3, -0.25) is 4.79 Å². The number of rotatable bonds is 14. The minimum Gasteiger partial charge on any atom is -0.466 e. The zero-order valence-electron chi connectivity index (χ0n) is 13.1. The first-order valence-electron chi connectivity index (χ1n) is 7.81. The molecule has 0 aromatic rings. The highest BCUT2D eigenvalue weighted by Crippen LogP contribution is 2.07. The Morgan fingerprint density at radius 1 is 0.750 bits per heavy atom. The molecule has 0 aliphatic carbocycles. The minimum absolute atomic E-state index is 0.128. The molecule has 0 spiro atoms. The molecule has 0 bridgehead atoms. The number of carbonyl (C=O) groups is 2. The highest BCUT2D eigenvalue weighted by Gasteiger charge is 2.03. The summed E-state index contributed by atoms with van der Waals surface area (Å²) >= 11 is 0. The molecule has 0 N–H and O–H groups in total. The molecule has 0 atom stereocenters. The van der Waals surface area contributed by atoms with Crippen LogP contribution in [0, 0.1) is 0 Å². The first kappa shape index (κ1) is 19.1. The van der Waals surface area contributed by atoms with Gasteiger partial charge in [0.2, 0.25) is 0 Å². The average molecular weight is 286 g/mol. The fourth-order valence-corrected chi connectivity index (χ4v) is 1.97. The van der Waals surface area contributed by atoms with Crippen LogP contribution in [-0.2, 0) is 19.1 Å². The molecule has 0 saturated carbocycles. The second-order valence-electron chi connectivity index (χ2n) is 5.24. The Hall–Kier alpha value is -0.900. The third-order valence-corrected chi connectivity index (χ3v) is 3.17. The van der Waals surface area contributed by atoms with Gasteiger partial charge in [0.15, 0.2) is 0 Å². The van der Waals surface area contributed by atoms with Gasteiger partial charge in [0.05, 0.1) is 6.61 Å². The van der Waals surface area contributed by atoms with Crippen molar-refractivity contribution in [2.75, 3.05) is 20.3 Å². The number of Topliss-reactive ketones (excluding diaryl/α,β-unsaturated/α-hetero) is 1. The Bertz CT molecular complexity index is 251. The molecule has 4 nitrogen and oxygen atoms in total. The SMILES string of the molecule is COCCCCCCCCCOC(=O)CCCC(C)=O. The first-order chi connectivity index (χ1) is 9.66. The average Bonchev–Trinajstić information content (AvgIpc) is 2.40. The smallest absolute Gasteiger partial charge is 0.305 e. The molecule has 0 aliphatic heterocycles. The third-order valence-electron chi connectivity index (χ3n) is 3.17. The second-order valence-corrected chi connectivity index (χ2v) is 5.24. The maximum Gasteiger partial charge on any atom is 0.305 e. The maximum atomic E-state index is 11.3. The van der Waals surface area contributed by atoms with E-state index in [1.165, 1.54) is 25.7 Å². The van der Waals surface area contributed by atoms with E-state index in [-0.39, 0.29) is 11.8 Å². The fourth-order valence-electron chi connectivity index (χ4n) is 1.97. The number of methoxy groups -OCH3 is 1. The molecule has 20 heavy (non-hydrogen) atoms. The molecular formula is C16H30O4. The summed E-state index contributed by atoms with van der Waals surface area (Å²) in [5.74, 6) is -0.0471. The van der Waals surface area contributed by atoms with Crippen LogP contribution in [0.2, 0.25) is 0 Å². The van der Waals surface area contributed by atoms with Gasteiger partial charge >= 0.3 is 5.97 Å². The summed E-state index contributed by atoms with van der Waals surface area (Å²) in [4.78, 5) is 22.0. The van der Waals surface area contributed by atoms with E-state index in [0.717, 1.165) is 25.9 Å². The molecule has 4 heteroatoms. The number of carbonyl (C=O) groups excluding carboxylic acids is 2. The van der Waals surface area contributed by atoms with Gasteiger partial charge in [0.25, 0.3) is 0 Å². The Morgan fingerprint density at radius 2 is 1.30 bits per heavy atom. The Balaban J connectivity index is 3.15. The van der Waals surface area contributed by atoms with Gasteiger partial charge in [-0.2, -0.15) is 0 Å². The van der Waals surface area contributed by atoms with Crippen LogP contribution < -0.4 is 0 Å². The van der Waals surface area contributed by atoms with Gasteiger partial charge in [-0.15, -0.1) is 0 Å². The van der Waals surface area contributed by atoms with Crippen molar-refractivity contribution in [1.29, 1.82) is 0 Å². The summed E-state index contributed by atoms with van der Waals surface area (Å²) in [6.07, 6.45) is 9.58. The predicted molar refractivity (Wildman–Crippen MR) is 79.7 cm³/mol. The number of unbranched alkanes of at least 4 members (excludes halogenated alkanes) is 6. The highest BCUT2D eigenvalue weighted by molar-refractivity contribution is 5.76. The lowest BCUT2D eigenvalue weighted by molar-refractivity contribution is -0.143. The van der Waals surface area contributed by atoms with E-state index < -0.39 is 0 Å². The van der Waals surface area contributed by atoms with Crippen LogP contribution in [0.3, 0.4) is 0 Å². The summed E-state index contributed by atoms with van der Waals surface area (Å²) in [6.45, 7) is 2.92. The van der Waals surface area contributed by atoms with Crippen molar-refractivity contribution in [1.82, 2.24) is 0 Å². The highest BCUT2D eigenvalue weighted by atomic mass is 16.5. The van der Waals surface area contributed by atoms with E-state index in [1.807, 2.05) is 0 Å². The molecule has 0 fully saturated rings. The van der Waals surface area contributed by atoms with Crippen LogP contribution in [0.5, 0.6) is 0 Å². The van der Waals surface area contributed by atoms with Gasteiger partial charge < -0.3 is 14.3 Å². The predicted octanol–water partition coefficient (Wildman–Crippen LogP) is 3.67. The van der Waals surface area contributed by atoms with Crippen LogP contribution in [0.1, 0.15) is 71.1 Å². The van der Waals surface area contributed by atoms with Crippen molar-refractivity contribution in [2.24, 2.45) is 0 Å². The molecule has 0 aromatic heterocycles. The molecule has 0 radical (unpaired) electrons. The lowest BCUT2D eigenvalue weighted by atomic mass is 10.1. The second kappa shape index (κ2) is 14.5. The van der Waals surface area contributed by atoms with Gasteiger partial charge in [0.1, 0.15) is 5.78 Å². The lowest BCUT2D eigenvalue weighted by Gasteiger charge is -2.04. The van der Waals surface area contributed by atoms with E-state index in [2.05, 4.69) is 0 Å². The molecular weight excluding hydrogens is 256 g/mol. The van der Waals surface area contributed by atoms with E-state index >= 15 is 0 Å². The van der Waals surface area contributed by atoms with E-state index in [1.54, 1.807) is 14.0 Å². The van der Waals surface area contributed by atoms with Crippen molar-refractivity contribution in [3.05, 3.63) is 0 Å². The molecule has 0 unspecified atom stereocenters. The van der Waals surface area contributed by atoms with Crippen LogP contribution in [-0.4, -0.2) is 32.1 Å². The monoisotopic (exact) mass is 286 g/mol. The molecule has 0 aliphatic rings. The Morgan fingerprint density at radius 3 is 1.85 bits per heavy atom. The zero-order valence-corrected chi connectivity index (χ0v) is 13.1. The minimum atomic E-state index is -0.175. The van der Waals surface area contributed by atoms with E-state index in [0.29, 0.717) is 25.9 Å². The summed E-state index contributed by atoms with van der Waals surface area (Å²) in [6, 6.07) is 0. The lowest BCUT2D eigenvalue weighted by Crippen LogP contribution is -2.06. The van der Waals surface area contributed by atoms with Crippen molar-refractivity contribution in [2.45, 2.75) is 71.1 Å². The van der Waals surface area contributed by atoms with Crippen LogP contribution in [0.4, 0.5) is 0 Å². The van der Waals surface area contributed by atoms with E-state index in [9.17, 15) is 9.59 Å². The van der Waals surface area contributed by atoms with Gasteiger partial charge in [0, 0.05) is 26.6 Å². The standard InChI is InChI=1S/C16H30O4/c1-15(17)11-10-12-16(18)20-14-9-7-5-3-4-6-8-13-19-2/h3-14H2,1-2H3. The Kier molecular flexibility index (Phi) is 13.9. The number of hydrogen-bond donors (Lipinski definition) is 0. The van der Waals surface area contributed by atoms with E-state index in [4.69, 9.17) is 9.47 Å². The largest absolute Gasteiger partial charge is 0.466 e. The van der Waals surface area contributed by atoms with Crippen molar-refractivity contribution in [3.63, 3.8) is 0 Å². The molecule has 0 saturated heterocycles. The topological polar surface area (TPSA) is 52.6 Å². The molecule has 0 heterocycles. The first-order valence-corrected chi connectivity index (χ1v) is 7.81. The van der Waals surface area contributed by atoms with Crippen LogP contribution >= 0.6 is 0 Å². The summed E-state index contributed by atoms with van der Waals surface area (Å²) < 4.78 is 10.1. The number of ketones is 1. The summed E-state index contributed by atoms with van der Waals surface area (Å²) in [7, 11) is 1.74. The van der Waals surface area contributed by atoms with Gasteiger partial charge in [-0.05, 0) is 26.2 Å². The fraction of sp³-hybridized carbons (Fsp3) is 0.875. The number of hydrogen-bond acceptors (Lipinski definition) is 4. The zero-order chi connectivity index (χ0) is 15.1. The third kappa shape index (κ3) is 15.2. The van der Waals surface area contributed by atoms with Crippen LogP contribution in [0.25, 0.3) is 0 Å². The number of ether oxygens (including phenoxy) is 2. The summed E-state index contributed by atoms with van der Waals surface area (Å²) in [5, 5.41) is 0. The molecule has 0 rings (SSSR count). The quantitative estimate of drug-likeness (QED) is 0.361. The maximum absolute atomic E-state index is 11.3. The van der Waals surface area contributed by atoms with Crippen molar-refractivity contribution in [3.8, 4) is 0 Å². The summed E-state index contributed by atoms with van der Waals surface area (Å²) in [5.41, 5.74) is 0. The number of esters is 1. The van der Waals surface area contributed by atoms with Gasteiger partial charge in [-0.1, -0.05) is 32.1 Å². The van der Waals surface area contributed by atoms with Gasteiger partial charge in [-0.25, -0.2) is 0 Å². The van der Waals surface area contributed by atoms with Crippen molar-refractivity contribution < 1.29 is 19.1 Å². The Labute approximate surface area is 123 Å². The normalized spacial score (nSPS) is 10.5. The molecule has 0 aromatic carbocycles. The van der Waals surface area contributed by atoms with Crippen LogP contribution in [0.15, 0.2) is 0 Å². The van der Waals surface area contributed by atoms with Crippen molar-refractivity contribution >= 4 is 11.8 Å².